The van der Waals surface area contributed by atoms with E-state index in [9.17, 15) is 19.8 Å². The van der Waals surface area contributed by atoms with E-state index in [0.29, 0.717) is 16.6 Å². The van der Waals surface area contributed by atoms with Crippen molar-refractivity contribution in [2.24, 2.45) is 10.3 Å². The van der Waals surface area contributed by atoms with Crippen molar-refractivity contribution < 1.29 is 4.92 Å². The van der Waals surface area contributed by atoms with Gasteiger partial charge >= 0.3 is 0 Å². The zero-order valence-corrected chi connectivity index (χ0v) is 15.9. The molecule has 0 saturated heterocycles. The van der Waals surface area contributed by atoms with Gasteiger partial charge in [0.05, 0.1) is 16.0 Å². The molecule has 0 aliphatic rings. The quantitative estimate of drug-likeness (QED) is 0.210. The first kappa shape index (κ1) is 19.6. The van der Waals surface area contributed by atoms with Crippen LogP contribution in [0.25, 0.3) is 11.0 Å². The van der Waals surface area contributed by atoms with Gasteiger partial charge in [0.2, 0.25) is 0 Å². The summed E-state index contributed by atoms with van der Waals surface area (Å²) >= 11 is 0. The van der Waals surface area contributed by atoms with Crippen LogP contribution < -0.4 is 11.0 Å². The number of benzene rings is 3. The van der Waals surface area contributed by atoms with Crippen molar-refractivity contribution in [1.82, 2.24) is 9.97 Å². The molecule has 0 fully saturated rings. The second-order valence-corrected chi connectivity index (χ2v) is 6.42. The van der Waals surface area contributed by atoms with Crippen LogP contribution in [0.1, 0.15) is 11.3 Å². The maximum Gasteiger partial charge on any atom is 0.296 e. The molecular weight excluding hydrogens is 400 g/mol. The van der Waals surface area contributed by atoms with Gasteiger partial charge in [-0.05, 0) is 29.4 Å². The number of H-pyrrole nitrogens is 1. The molecule has 0 atom stereocenters. The lowest BCUT2D eigenvalue weighted by molar-refractivity contribution is -0.383. The molecule has 0 spiro atoms. The van der Waals surface area contributed by atoms with E-state index >= 15 is 0 Å². The minimum Gasteiger partial charge on any atom is -0.319 e. The number of nitro benzene ring substituents is 1. The Morgan fingerprint density at radius 2 is 1.77 bits per heavy atom. The molecule has 0 aliphatic carbocycles. The maximum atomic E-state index is 12.7. The molecule has 1 heterocycles. The molecule has 0 aliphatic heterocycles. The van der Waals surface area contributed by atoms with E-state index in [1.807, 2.05) is 6.07 Å². The molecule has 0 bridgehead atoms. The Kier molecular flexibility index (Phi) is 5.26. The molecule has 31 heavy (non-hydrogen) atoms. The molecule has 152 valence electrons. The van der Waals surface area contributed by atoms with Crippen LogP contribution in [0.4, 0.5) is 17.1 Å². The van der Waals surface area contributed by atoms with Crippen molar-refractivity contribution in [2.75, 3.05) is 5.43 Å². The van der Waals surface area contributed by atoms with Crippen LogP contribution in [-0.2, 0) is 0 Å². The van der Waals surface area contributed by atoms with Crippen LogP contribution in [0.3, 0.4) is 0 Å². The molecule has 10 heteroatoms. The van der Waals surface area contributed by atoms with Gasteiger partial charge in [-0.2, -0.15) is 5.10 Å². The minimum atomic E-state index is -0.657. The fourth-order valence-corrected chi connectivity index (χ4v) is 2.98. The molecule has 0 saturated carbocycles. The number of fused-ring (bicyclic) bond motifs is 1. The van der Waals surface area contributed by atoms with E-state index in [-0.39, 0.29) is 28.5 Å². The van der Waals surface area contributed by atoms with Gasteiger partial charge in [-0.1, -0.05) is 42.5 Å². The van der Waals surface area contributed by atoms with Crippen molar-refractivity contribution in [3.63, 3.8) is 0 Å². The molecule has 0 unspecified atom stereocenters. The lowest BCUT2D eigenvalue weighted by atomic mass is 10.1. The Morgan fingerprint density at radius 3 is 2.52 bits per heavy atom. The number of hydrogen-bond acceptors (Lipinski definition) is 8. The number of para-hydroxylation sites is 2. The van der Waals surface area contributed by atoms with Crippen LogP contribution in [-0.4, -0.2) is 20.6 Å². The highest BCUT2D eigenvalue weighted by molar-refractivity contribution is 6.12. The number of hydrogen-bond donors (Lipinski definition) is 2. The van der Waals surface area contributed by atoms with E-state index < -0.39 is 10.5 Å². The summed E-state index contributed by atoms with van der Waals surface area (Å²) < 4.78 is 0. The summed E-state index contributed by atoms with van der Waals surface area (Å²) in [6, 6.07) is 19.6. The van der Waals surface area contributed by atoms with E-state index in [4.69, 9.17) is 0 Å². The van der Waals surface area contributed by atoms with Gasteiger partial charge in [-0.25, -0.2) is 4.98 Å². The number of aromatic nitrogens is 2. The average Bonchev–Trinajstić information content (AvgIpc) is 2.80. The third-order valence-corrected chi connectivity index (χ3v) is 4.44. The normalized spacial score (nSPS) is 11.3. The molecule has 0 radical (unpaired) electrons. The lowest BCUT2D eigenvalue weighted by Crippen LogP contribution is -2.22. The van der Waals surface area contributed by atoms with Crippen molar-refractivity contribution in [2.45, 2.75) is 0 Å². The molecule has 10 nitrogen and oxygen atoms in total. The van der Waals surface area contributed by atoms with E-state index in [2.05, 4.69) is 25.7 Å². The average molecular weight is 414 g/mol. The first-order chi connectivity index (χ1) is 15.1. The van der Waals surface area contributed by atoms with Crippen LogP contribution in [0, 0.1) is 15.0 Å². The maximum absolute atomic E-state index is 12.7. The number of nitrogens with one attached hydrogen (secondary N) is 2. The number of rotatable bonds is 6. The molecule has 2 N–H and O–H groups in total. The Labute approximate surface area is 174 Å². The van der Waals surface area contributed by atoms with Crippen molar-refractivity contribution in [3.05, 3.63) is 109 Å². The lowest BCUT2D eigenvalue weighted by Gasteiger charge is -2.09. The number of anilines is 1. The van der Waals surface area contributed by atoms with E-state index in [0.717, 1.165) is 6.07 Å². The third-order valence-electron chi connectivity index (χ3n) is 4.44. The highest BCUT2D eigenvalue weighted by Crippen LogP contribution is 2.29. The van der Waals surface area contributed by atoms with Crippen LogP contribution in [0.5, 0.6) is 0 Å². The Balaban J connectivity index is 1.85. The van der Waals surface area contributed by atoms with Gasteiger partial charge in [0.15, 0.2) is 5.69 Å². The van der Waals surface area contributed by atoms with E-state index in [1.54, 1.807) is 48.5 Å². The summed E-state index contributed by atoms with van der Waals surface area (Å²) in [5.41, 5.74) is 3.69. The largest absolute Gasteiger partial charge is 0.319 e. The Bertz CT molecular complexity index is 1380. The fourth-order valence-electron chi connectivity index (χ4n) is 2.98. The monoisotopic (exact) mass is 414 g/mol. The molecule has 4 rings (SSSR count). The molecule has 1 aromatic heterocycles. The number of nitrogens with zero attached hydrogens (tertiary/aromatic N) is 4. The summed E-state index contributed by atoms with van der Waals surface area (Å²) in [6.45, 7) is 0. The van der Waals surface area contributed by atoms with Gasteiger partial charge in [0.1, 0.15) is 17.1 Å². The highest BCUT2D eigenvalue weighted by Gasteiger charge is 2.18. The summed E-state index contributed by atoms with van der Waals surface area (Å²) in [6.07, 6.45) is 0. The van der Waals surface area contributed by atoms with Crippen molar-refractivity contribution in [3.8, 4) is 0 Å². The highest BCUT2D eigenvalue weighted by atomic mass is 16.6. The zero-order valence-electron chi connectivity index (χ0n) is 15.9. The first-order valence-corrected chi connectivity index (χ1v) is 9.07. The second kappa shape index (κ2) is 8.33. The summed E-state index contributed by atoms with van der Waals surface area (Å²) in [4.78, 5) is 41.4. The van der Waals surface area contributed by atoms with Gasteiger partial charge in [-0.3, -0.25) is 20.3 Å². The standard InChI is InChI=1S/C21H14N6O4/c28-21-20(22-15-8-4-5-9-16(15)23-21)19(13-6-2-1-3-7-13)25-24-17-11-10-14(26-29)12-18(17)27(30)31/h1-12,24H,(H,23,28). The molecule has 4 aromatic rings. The predicted octanol–water partition coefficient (Wildman–Crippen LogP) is 4.09. The number of nitro groups is 1. The first-order valence-electron chi connectivity index (χ1n) is 9.07. The van der Waals surface area contributed by atoms with Crippen LogP contribution in [0.2, 0.25) is 0 Å². The van der Waals surface area contributed by atoms with Gasteiger partial charge < -0.3 is 4.98 Å². The number of aromatic amines is 1. The van der Waals surface area contributed by atoms with Gasteiger partial charge in [-0.15, -0.1) is 4.91 Å². The second-order valence-electron chi connectivity index (χ2n) is 6.42. The molecule has 3 aromatic carbocycles. The Morgan fingerprint density at radius 1 is 1.03 bits per heavy atom. The van der Waals surface area contributed by atoms with Crippen LogP contribution in [0.15, 0.2) is 87.9 Å². The summed E-state index contributed by atoms with van der Waals surface area (Å²) in [5, 5.41) is 18.4. The van der Waals surface area contributed by atoms with Gasteiger partial charge in [0, 0.05) is 11.6 Å². The molecular formula is C21H14N6O4. The predicted molar refractivity (Wildman–Crippen MR) is 117 cm³/mol. The summed E-state index contributed by atoms with van der Waals surface area (Å²) in [7, 11) is 0. The van der Waals surface area contributed by atoms with E-state index in [1.165, 1.54) is 12.1 Å². The van der Waals surface area contributed by atoms with Crippen LogP contribution >= 0.6 is 0 Å². The SMILES string of the molecule is O=Nc1ccc(NN=C(c2ccccc2)c2nc3ccccc3[nH]c2=O)c([N+](=O)[O-])c1. The fraction of sp³-hybridized carbons (Fsp3) is 0. The minimum absolute atomic E-state index is 0.0306. The van der Waals surface area contributed by atoms with Crippen molar-refractivity contribution in [1.29, 1.82) is 0 Å². The number of hydrazone groups is 1. The van der Waals surface area contributed by atoms with Crippen molar-refractivity contribution >= 4 is 33.8 Å². The summed E-state index contributed by atoms with van der Waals surface area (Å²) in [5.74, 6) is 0. The smallest absolute Gasteiger partial charge is 0.296 e. The molecule has 0 amide bonds. The zero-order chi connectivity index (χ0) is 21.8. The Hall–Kier alpha value is -4.73. The third kappa shape index (κ3) is 4.03. The number of nitroso groups, excluding NO2 is 1. The topological polar surface area (TPSA) is 143 Å². The van der Waals surface area contributed by atoms with Gasteiger partial charge in [0.25, 0.3) is 11.2 Å².